The molecule has 8 nitrogen and oxygen atoms in total. The smallest absolute Gasteiger partial charge is 0.243 e. The maximum atomic E-state index is 14.0. The number of nitrogens with zero attached hydrogens (tertiary/aromatic N) is 2. The van der Waals surface area contributed by atoms with E-state index < -0.39 is 10.0 Å². The Labute approximate surface area is 237 Å². The average molecular weight is 563 g/mol. The van der Waals surface area contributed by atoms with Crippen LogP contribution < -0.4 is 19.7 Å². The van der Waals surface area contributed by atoms with E-state index in [1.54, 1.807) is 19.2 Å². The van der Waals surface area contributed by atoms with Crippen molar-refractivity contribution in [3.63, 3.8) is 0 Å². The van der Waals surface area contributed by atoms with Crippen molar-refractivity contribution < 1.29 is 17.9 Å². The third-order valence-electron chi connectivity index (χ3n) is 7.88. The highest BCUT2D eigenvalue weighted by molar-refractivity contribution is 7.89. The van der Waals surface area contributed by atoms with E-state index in [0.29, 0.717) is 11.4 Å². The molecule has 1 aliphatic carbocycles. The van der Waals surface area contributed by atoms with Crippen molar-refractivity contribution in [2.75, 3.05) is 50.1 Å². The van der Waals surface area contributed by atoms with Gasteiger partial charge in [-0.1, -0.05) is 43.3 Å². The number of hydrogen-bond acceptors (Lipinski definition) is 6. The number of ether oxygens (including phenoxy) is 1. The first-order valence-corrected chi connectivity index (χ1v) is 15.5. The third-order valence-corrected chi connectivity index (χ3v) is 9.38. The highest BCUT2D eigenvalue weighted by Crippen LogP contribution is 2.34. The number of piperazine rings is 1. The van der Waals surface area contributed by atoms with E-state index in [1.165, 1.54) is 5.56 Å². The number of methoxy groups -OCH3 is 1. The number of benzene rings is 3. The molecule has 1 aliphatic heterocycles. The Morgan fingerprint density at radius 1 is 1.00 bits per heavy atom. The molecule has 2 aliphatic rings. The largest absolute Gasteiger partial charge is 0.497 e. The molecule has 1 atom stereocenters. The molecule has 5 rings (SSSR count). The second-order valence-electron chi connectivity index (χ2n) is 10.4. The Morgan fingerprint density at radius 3 is 2.48 bits per heavy atom. The summed E-state index contributed by atoms with van der Waals surface area (Å²) < 4.78 is 36.2. The summed E-state index contributed by atoms with van der Waals surface area (Å²) in [6.07, 6.45) is 2.80. The molecule has 0 bridgehead atoms. The summed E-state index contributed by atoms with van der Waals surface area (Å²) in [6, 6.07) is 20.3. The van der Waals surface area contributed by atoms with E-state index in [4.69, 9.17) is 4.74 Å². The first-order valence-electron chi connectivity index (χ1n) is 14.0. The lowest BCUT2D eigenvalue weighted by Gasteiger charge is -2.36. The fourth-order valence-electron chi connectivity index (χ4n) is 5.63. The molecule has 3 aromatic rings. The van der Waals surface area contributed by atoms with Gasteiger partial charge >= 0.3 is 0 Å². The molecule has 0 spiro atoms. The minimum absolute atomic E-state index is 0.171. The minimum atomic E-state index is -3.90. The second kappa shape index (κ2) is 12.4. The molecule has 212 valence electrons. The van der Waals surface area contributed by atoms with Crippen molar-refractivity contribution in [1.29, 1.82) is 0 Å². The molecule has 0 saturated carbocycles. The standard InChI is InChI=1S/C31H38N4O4S/c1-3-34-17-19-35(20-18-34)29-16-13-25(32-31(36)21-23-11-14-26(39-2)15-12-23)22-30(29)40(37,38)33-28-10-6-8-24-7-4-5-9-27(24)28/h4-5,7,9,11-16,22,28,33H,3,6,8,10,17-21H2,1-2H3,(H,32,36)/t28-/m0/s1. The highest BCUT2D eigenvalue weighted by atomic mass is 32.2. The van der Waals surface area contributed by atoms with Crippen molar-refractivity contribution in [1.82, 2.24) is 9.62 Å². The Bertz CT molecular complexity index is 1430. The van der Waals surface area contributed by atoms with Crippen molar-refractivity contribution in [2.45, 2.75) is 43.5 Å². The Hall–Kier alpha value is -3.40. The zero-order valence-corrected chi connectivity index (χ0v) is 24.0. The van der Waals surface area contributed by atoms with Crippen molar-refractivity contribution >= 4 is 27.3 Å². The number of hydrogen-bond donors (Lipinski definition) is 2. The van der Waals surface area contributed by atoms with E-state index in [0.717, 1.165) is 68.9 Å². The lowest BCUT2D eigenvalue weighted by molar-refractivity contribution is -0.115. The van der Waals surface area contributed by atoms with E-state index in [1.807, 2.05) is 48.5 Å². The van der Waals surface area contributed by atoms with Crippen LogP contribution in [0.4, 0.5) is 11.4 Å². The van der Waals surface area contributed by atoms with E-state index in [-0.39, 0.29) is 23.3 Å². The van der Waals surface area contributed by atoms with Gasteiger partial charge in [0.25, 0.3) is 0 Å². The van der Waals surface area contributed by atoms with Gasteiger partial charge < -0.3 is 19.9 Å². The predicted molar refractivity (Wildman–Crippen MR) is 159 cm³/mol. The minimum Gasteiger partial charge on any atom is -0.497 e. The molecule has 1 amide bonds. The van der Waals surface area contributed by atoms with Crippen LogP contribution in [0.1, 0.15) is 42.5 Å². The molecule has 9 heteroatoms. The van der Waals surface area contributed by atoms with Crippen LogP contribution in [0.2, 0.25) is 0 Å². The molecule has 1 saturated heterocycles. The quantitative estimate of drug-likeness (QED) is 0.403. The topological polar surface area (TPSA) is 91.0 Å². The first-order chi connectivity index (χ1) is 19.4. The van der Waals surface area contributed by atoms with Gasteiger partial charge in [-0.3, -0.25) is 4.79 Å². The van der Waals surface area contributed by atoms with E-state index >= 15 is 0 Å². The summed E-state index contributed by atoms with van der Waals surface area (Å²) in [5.41, 5.74) is 4.20. The van der Waals surface area contributed by atoms with Crippen molar-refractivity contribution in [3.05, 3.63) is 83.4 Å². The zero-order chi connectivity index (χ0) is 28.1. The van der Waals surface area contributed by atoms with Crippen LogP contribution in [0, 0.1) is 0 Å². The molecular formula is C31H38N4O4S. The molecule has 1 heterocycles. The van der Waals surface area contributed by atoms with E-state index in [2.05, 4.69) is 32.8 Å². The van der Waals surface area contributed by atoms with Crippen LogP contribution in [0.25, 0.3) is 0 Å². The maximum Gasteiger partial charge on any atom is 0.243 e. The third kappa shape index (κ3) is 6.49. The van der Waals surface area contributed by atoms with E-state index in [9.17, 15) is 13.2 Å². The van der Waals surface area contributed by atoms with Crippen LogP contribution in [0.3, 0.4) is 0 Å². The highest BCUT2D eigenvalue weighted by Gasteiger charge is 2.30. The molecule has 1 fully saturated rings. The lowest BCUT2D eigenvalue weighted by atomic mass is 9.88. The molecule has 0 aromatic heterocycles. The molecule has 0 radical (unpaired) electrons. The number of rotatable bonds is 9. The SMILES string of the molecule is CCN1CCN(c2ccc(NC(=O)Cc3ccc(OC)cc3)cc2S(=O)(=O)N[C@H]2CCCc3ccccc32)CC1. The average Bonchev–Trinajstić information content (AvgIpc) is 2.97. The second-order valence-corrected chi connectivity index (χ2v) is 12.1. The Morgan fingerprint density at radius 2 is 1.75 bits per heavy atom. The number of aryl methyl sites for hydroxylation is 1. The fourth-order valence-corrected chi connectivity index (χ4v) is 7.14. The van der Waals surface area contributed by atoms with Gasteiger partial charge in [-0.25, -0.2) is 13.1 Å². The number of amides is 1. The fraction of sp³-hybridized carbons (Fsp3) is 0.387. The van der Waals surface area contributed by atoms with Gasteiger partial charge in [0.2, 0.25) is 15.9 Å². The Balaban J connectivity index is 1.41. The monoisotopic (exact) mass is 562 g/mol. The first kappa shape index (κ1) is 28.1. The molecule has 0 unspecified atom stereocenters. The summed E-state index contributed by atoms with van der Waals surface area (Å²) >= 11 is 0. The number of carbonyl (C=O) groups excluding carboxylic acids is 1. The van der Waals surface area contributed by atoms with Gasteiger partial charge in [0.15, 0.2) is 0 Å². The van der Waals surface area contributed by atoms with Gasteiger partial charge in [-0.15, -0.1) is 0 Å². The number of carbonyl (C=O) groups is 1. The number of fused-ring (bicyclic) bond motifs is 1. The van der Waals surface area contributed by atoms with Gasteiger partial charge in [-0.05, 0) is 72.8 Å². The summed E-state index contributed by atoms with van der Waals surface area (Å²) in [5.74, 6) is 0.509. The zero-order valence-electron chi connectivity index (χ0n) is 23.2. The van der Waals surface area contributed by atoms with Crippen LogP contribution in [0.15, 0.2) is 71.6 Å². The normalized spacial score (nSPS) is 17.8. The van der Waals surface area contributed by atoms with Crippen LogP contribution >= 0.6 is 0 Å². The van der Waals surface area contributed by atoms with Crippen LogP contribution in [-0.2, 0) is 27.7 Å². The van der Waals surface area contributed by atoms with Crippen molar-refractivity contribution in [2.24, 2.45) is 0 Å². The summed E-state index contributed by atoms with van der Waals surface area (Å²) in [7, 11) is -2.30. The Kier molecular flexibility index (Phi) is 8.73. The number of anilines is 2. The number of sulfonamides is 1. The molecular weight excluding hydrogens is 524 g/mol. The van der Waals surface area contributed by atoms with Gasteiger partial charge in [0.05, 0.1) is 19.2 Å². The number of likely N-dealkylation sites (N-methyl/N-ethyl adjacent to an activating group) is 1. The van der Waals surface area contributed by atoms with Gasteiger partial charge in [0.1, 0.15) is 10.6 Å². The van der Waals surface area contributed by atoms with Gasteiger partial charge in [-0.2, -0.15) is 0 Å². The molecule has 40 heavy (non-hydrogen) atoms. The molecule has 3 aromatic carbocycles. The molecule has 2 N–H and O–H groups in total. The van der Waals surface area contributed by atoms with Crippen molar-refractivity contribution in [3.8, 4) is 5.75 Å². The summed E-state index contributed by atoms with van der Waals surface area (Å²) in [6.45, 7) is 6.35. The van der Waals surface area contributed by atoms with Crippen LogP contribution in [-0.4, -0.2) is 59.1 Å². The number of nitrogens with one attached hydrogen (secondary N) is 2. The summed E-state index contributed by atoms with van der Waals surface area (Å²) in [4.78, 5) is 17.6. The van der Waals surface area contributed by atoms with Crippen LogP contribution in [0.5, 0.6) is 5.75 Å². The maximum absolute atomic E-state index is 14.0. The summed E-state index contributed by atoms with van der Waals surface area (Å²) in [5, 5.41) is 2.91. The van der Waals surface area contributed by atoms with Gasteiger partial charge in [0, 0.05) is 37.9 Å². The lowest BCUT2D eigenvalue weighted by Crippen LogP contribution is -2.46. The predicted octanol–water partition coefficient (Wildman–Crippen LogP) is 4.37.